The molecule has 4 aromatic carbocycles. The molecule has 0 heterocycles. The highest BCUT2D eigenvalue weighted by Crippen LogP contribution is 2.58. The smallest absolute Gasteiger partial charge is 0.420 e. The fourth-order valence-corrected chi connectivity index (χ4v) is 5.20. The van der Waals surface area contributed by atoms with Crippen LogP contribution >= 0.6 is 0 Å². The first-order valence-corrected chi connectivity index (χ1v) is 10.9. The van der Waals surface area contributed by atoms with Crippen molar-refractivity contribution in [3.05, 3.63) is 106 Å². The molecule has 4 aromatic rings. The van der Waals surface area contributed by atoms with Crippen LogP contribution in [0, 0.1) is 0 Å². The number of rotatable bonds is 2. The molecular formula is C27H18F6N2O2. The Bertz CT molecular complexity index is 1440. The fourth-order valence-electron chi connectivity index (χ4n) is 5.20. The first-order valence-electron chi connectivity index (χ1n) is 10.9. The second-order valence-electron chi connectivity index (χ2n) is 8.76. The number of halogens is 6. The van der Waals surface area contributed by atoms with Crippen molar-refractivity contribution < 1.29 is 36.6 Å². The Morgan fingerprint density at radius 2 is 0.919 bits per heavy atom. The van der Waals surface area contributed by atoms with Crippen LogP contribution in [0.15, 0.2) is 72.8 Å². The molecule has 190 valence electrons. The molecule has 4 nitrogen and oxygen atoms in total. The summed E-state index contributed by atoms with van der Waals surface area (Å²) in [6, 6.07) is 16.8. The van der Waals surface area contributed by atoms with Crippen LogP contribution in [0.2, 0.25) is 0 Å². The minimum Gasteiger partial charge on any atom is -0.505 e. The predicted octanol–water partition coefficient (Wildman–Crippen LogP) is 6.66. The maximum Gasteiger partial charge on any atom is 0.420 e. The maximum absolute atomic E-state index is 13.9. The summed E-state index contributed by atoms with van der Waals surface area (Å²) in [6.07, 6.45) is -10.0. The van der Waals surface area contributed by atoms with Gasteiger partial charge in [-0.2, -0.15) is 26.3 Å². The number of nitrogen functional groups attached to an aromatic ring is 2. The summed E-state index contributed by atoms with van der Waals surface area (Å²) in [7, 11) is 0. The molecule has 0 aliphatic heterocycles. The lowest BCUT2D eigenvalue weighted by atomic mass is 9.67. The number of fused-ring (bicyclic) bond motifs is 3. The molecule has 0 spiro atoms. The third kappa shape index (κ3) is 3.46. The minimum absolute atomic E-state index is 0.134. The Morgan fingerprint density at radius 1 is 0.568 bits per heavy atom. The van der Waals surface area contributed by atoms with Crippen LogP contribution in [0.4, 0.5) is 37.7 Å². The van der Waals surface area contributed by atoms with Crippen LogP contribution in [0.25, 0.3) is 11.1 Å². The molecule has 5 rings (SSSR count). The highest BCUT2D eigenvalue weighted by molar-refractivity contribution is 5.87. The number of phenols is 2. The first-order chi connectivity index (χ1) is 17.3. The molecule has 1 aliphatic rings. The maximum atomic E-state index is 13.9. The number of hydrogen-bond acceptors (Lipinski definition) is 4. The SMILES string of the molecule is Nc1cc(C2(c3cc(N)c(O)c(C(F)(F)F)c3)c3ccccc3-c3ccccc32)cc(C(F)(F)F)c1O. The van der Waals surface area contributed by atoms with E-state index in [1.807, 2.05) is 0 Å². The van der Waals surface area contributed by atoms with E-state index in [0.717, 1.165) is 12.1 Å². The van der Waals surface area contributed by atoms with Crippen LogP contribution < -0.4 is 11.5 Å². The predicted molar refractivity (Wildman–Crippen MR) is 126 cm³/mol. The van der Waals surface area contributed by atoms with E-state index in [2.05, 4.69) is 0 Å². The van der Waals surface area contributed by atoms with E-state index >= 15 is 0 Å². The standard InChI is InChI=1S/C27H18F6N2O2/c28-26(29,30)19-9-13(11-21(34)23(19)36)25(14-10-20(27(31,32)33)24(37)22(35)12-14)17-7-3-1-5-15(17)16-6-2-4-8-18(16)25/h1-12,36-37H,34-35H2. The van der Waals surface area contributed by atoms with E-state index in [-0.39, 0.29) is 11.1 Å². The highest BCUT2D eigenvalue weighted by atomic mass is 19.4. The van der Waals surface area contributed by atoms with Crippen LogP contribution in [-0.4, -0.2) is 10.2 Å². The number of benzene rings is 4. The van der Waals surface area contributed by atoms with Gasteiger partial charge < -0.3 is 21.7 Å². The number of nitrogens with two attached hydrogens (primary N) is 2. The largest absolute Gasteiger partial charge is 0.505 e. The lowest BCUT2D eigenvalue weighted by Gasteiger charge is -2.35. The van der Waals surface area contributed by atoms with E-state index in [1.165, 1.54) is 0 Å². The van der Waals surface area contributed by atoms with Crippen molar-refractivity contribution in [3.63, 3.8) is 0 Å². The van der Waals surface area contributed by atoms with Crippen molar-refractivity contribution in [2.45, 2.75) is 17.8 Å². The van der Waals surface area contributed by atoms with E-state index in [9.17, 15) is 36.6 Å². The quantitative estimate of drug-likeness (QED) is 0.120. The van der Waals surface area contributed by atoms with Crippen molar-refractivity contribution >= 4 is 11.4 Å². The van der Waals surface area contributed by atoms with Crippen molar-refractivity contribution in [1.29, 1.82) is 0 Å². The van der Waals surface area contributed by atoms with Gasteiger partial charge in [0.25, 0.3) is 0 Å². The van der Waals surface area contributed by atoms with Crippen molar-refractivity contribution in [3.8, 4) is 22.6 Å². The molecule has 0 saturated carbocycles. The van der Waals surface area contributed by atoms with E-state index in [4.69, 9.17) is 11.5 Å². The third-order valence-electron chi connectivity index (χ3n) is 6.71. The molecule has 1 aliphatic carbocycles. The van der Waals surface area contributed by atoms with Crippen molar-refractivity contribution in [2.24, 2.45) is 0 Å². The Morgan fingerprint density at radius 3 is 1.27 bits per heavy atom. The number of aromatic hydroxyl groups is 2. The van der Waals surface area contributed by atoms with Gasteiger partial charge in [0.2, 0.25) is 0 Å². The second kappa shape index (κ2) is 7.83. The van der Waals surface area contributed by atoms with Gasteiger partial charge in [-0.05, 0) is 57.6 Å². The van der Waals surface area contributed by atoms with Crippen LogP contribution in [0.5, 0.6) is 11.5 Å². The number of alkyl halides is 6. The van der Waals surface area contributed by atoms with Gasteiger partial charge in [-0.25, -0.2) is 0 Å². The van der Waals surface area contributed by atoms with Gasteiger partial charge in [-0.15, -0.1) is 0 Å². The molecule has 0 amide bonds. The minimum atomic E-state index is -5.02. The average molecular weight is 516 g/mol. The zero-order chi connectivity index (χ0) is 26.9. The lowest BCUT2D eigenvalue weighted by Crippen LogP contribution is -2.30. The fraction of sp³-hybridized carbons (Fsp3) is 0.111. The molecule has 37 heavy (non-hydrogen) atoms. The lowest BCUT2D eigenvalue weighted by molar-refractivity contribution is -0.139. The zero-order valence-corrected chi connectivity index (χ0v) is 18.7. The number of phenolic OH excluding ortho intramolecular Hbond substituents is 2. The Balaban J connectivity index is 2.01. The molecule has 10 heteroatoms. The molecule has 0 atom stereocenters. The van der Waals surface area contributed by atoms with E-state index < -0.39 is 51.8 Å². The van der Waals surface area contributed by atoms with Crippen LogP contribution in [0.3, 0.4) is 0 Å². The molecule has 0 unspecified atom stereocenters. The summed E-state index contributed by atoms with van der Waals surface area (Å²) >= 11 is 0. The van der Waals surface area contributed by atoms with Gasteiger partial charge in [0.05, 0.1) is 27.9 Å². The molecule has 0 fully saturated rings. The third-order valence-corrected chi connectivity index (χ3v) is 6.71. The first kappa shape index (κ1) is 24.4. The molecule has 0 bridgehead atoms. The number of hydrogen-bond donors (Lipinski definition) is 4. The van der Waals surface area contributed by atoms with E-state index in [1.54, 1.807) is 48.5 Å². The summed E-state index contributed by atoms with van der Waals surface area (Å²) in [5.41, 5.74) is 7.47. The summed E-state index contributed by atoms with van der Waals surface area (Å²) in [4.78, 5) is 0. The second-order valence-corrected chi connectivity index (χ2v) is 8.76. The molecule has 0 saturated heterocycles. The van der Waals surface area contributed by atoms with Gasteiger partial charge >= 0.3 is 12.4 Å². The van der Waals surface area contributed by atoms with Gasteiger partial charge in [-0.1, -0.05) is 48.5 Å². The van der Waals surface area contributed by atoms with Gasteiger partial charge in [-0.3, -0.25) is 0 Å². The molecule has 0 radical (unpaired) electrons. The Hall–Kier alpha value is -4.34. The summed E-state index contributed by atoms with van der Waals surface area (Å²) in [5.74, 6) is -2.38. The van der Waals surface area contributed by atoms with Gasteiger partial charge in [0.1, 0.15) is 0 Å². The van der Waals surface area contributed by atoms with Crippen molar-refractivity contribution in [2.75, 3.05) is 11.5 Å². The zero-order valence-electron chi connectivity index (χ0n) is 18.7. The molecule has 0 aromatic heterocycles. The molecule has 6 N–H and O–H groups in total. The molecular weight excluding hydrogens is 498 g/mol. The Kier molecular flexibility index (Phi) is 5.15. The average Bonchev–Trinajstić information content (AvgIpc) is 3.12. The van der Waals surface area contributed by atoms with Gasteiger partial charge in [0, 0.05) is 0 Å². The highest BCUT2D eigenvalue weighted by Gasteiger charge is 2.49. The van der Waals surface area contributed by atoms with Crippen LogP contribution in [0.1, 0.15) is 33.4 Å². The Labute approximate surface area is 206 Å². The summed E-state index contributed by atoms with van der Waals surface area (Å²) in [5, 5.41) is 20.3. The monoisotopic (exact) mass is 516 g/mol. The summed E-state index contributed by atoms with van der Waals surface area (Å²) < 4.78 is 83.6. The topological polar surface area (TPSA) is 92.5 Å². The number of anilines is 2. The van der Waals surface area contributed by atoms with Crippen LogP contribution in [-0.2, 0) is 17.8 Å². The summed E-state index contributed by atoms with van der Waals surface area (Å²) in [6.45, 7) is 0. The van der Waals surface area contributed by atoms with Gasteiger partial charge in [0.15, 0.2) is 11.5 Å². The van der Waals surface area contributed by atoms with E-state index in [0.29, 0.717) is 34.4 Å². The normalized spacial score (nSPS) is 14.3. The van der Waals surface area contributed by atoms with Crippen molar-refractivity contribution in [1.82, 2.24) is 0 Å².